The molecule has 5 nitrogen and oxygen atoms in total. The van der Waals surface area contributed by atoms with E-state index >= 15 is 0 Å². The summed E-state index contributed by atoms with van der Waals surface area (Å²) in [7, 11) is -4.07. The number of sulfonamides is 1. The first-order valence-corrected chi connectivity index (χ1v) is 7.62. The van der Waals surface area contributed by atoms with Crippen molar-refractivity contribution in [3.8, 4) is 0 Å². The number of rotatable bonds is 5. The van der Waals surface area contributed by atoms with Gasteiger partial charge in [0.05, 0.1) is 4.90 Å². The van der Waals surface area contributed by atoms with E-state index in [1.54, 1.807) is 6.92 Å². The van der Waals surface area contributed by atoms with E-state index in [-0.39, 0.29) is 15.8 Å². The molecule has 8 heteroatoms. The summed E-state index contributed by atoms with van der Waals surface area (Å²) in [5.74, 6) is -1.88. The third kappa shape index (κ3) is 3.52. The zero-order valence-electron chi connectivity index (χ0n) is 10.3. The third-order valence-corrected chi connectivity index (χ3v) is 5.30. The summed E-state index contributed by atoms with van der Waals surface area (Å²) in [4.78, 5) is 10.9. The fourth-order valence-electron chi connectivity index (χ4n) is 1.31. The van der Waals surface area contributed by atoms with Gasteiger partial charge in [-0.3, -0.25) is 4.79 Å². The van der Waals surface area contributed by atoms with Crippen LogP contribution in [-0.4, -0.2) is 25.0 Å². The molecule has 0 aliphatic heterocycles. The first-order chi connectivity index (χ1) is 8.62. The second-order valence-electron chi connectivity index (χ2n) is 4.17. The molecule has 0 radical (unpaired) electrons. The highest BCUT2D eigenvalue weighted by molar-refractivity contribution is 9.10. The van der Waals surface area contributed by atoms with Crippen molar-refractivity contribution < 1.29 is 22.7 Å². The number of hydrogen-bond acceptors (Lipinski definition) is 3. The molecule has 106 valence electrons. The Morgan fingerprint density at radius 2 is 2.11 bits per heavy atom. The van der Waals surface area contributed by atoms with Gasteiger partial charge in [0.2, 0.25) is 10.0 Å². The van der Waals surface area contributed by atoms with Crippen LogP contribution in [0.3, 0.4) is 0 Å². The summed E-state index contributed by atoms with van der Waals surface area (Å²) in [5, 5.41) is 9.06. The molecule has 1 aromatic rings. The average molecular weight is 354 g/mol. The fraction of sp³-hybridized carbons (Fsp3) is 0.364. The Balaban J connectivity index is 3.22. The highest BCUT2D eigenvalue weighted by Gasteiger charge is 2.36. The van der Waals surface area contributed by atoms with Crippen LogP contribution in [0.2, 0.25) is 0 Å². The summed E-state index contributed by atoms with van der Waals surface area (Å²) in [5.41, 5.74) is -1.62. The standard InChI is InChI=1S/C11H13BrFNO4S/c1-3-11(2,10(15)16)14-19(17,18)9-5-4-7(13)6-8(9)12/h4-6,14H,3H2,1-2H3,(H,15,16). The molecule has 0 aliphatic carbocycles. The summed E-state index contributed by atoms with van der Waals surface area (Å²) >= 11 is 2.94. The molecule has 0 amide bonds. The van der Waals surface area contributed by atoms with Crippen molar-refractivity contribution in [1.82, 2.24) is 4.72 Å². The number of carboxylic acid groups (broad SMARTS) is 1. The van der Waals surface area contributed by atoms with Gasteiger partial charge in [0, 0.05) is 4.47 Å². The zero-order chi connectivity index (χ0) is 14.8. The fourth-order valence-corrected chi connectivity index (χ4v) is 3.80. The molecule has 19 heavy (non-hydrogen) atoms. The van der Waals surface area contributed by atoms with Crippen molar-refractivity contribution in [2.45, 2.75) is 30.7 Å². The number of benzene rings is 1. The van der Waals surface area contributed by atoms with Crippen LogP contribution >= 0.6 is 15.9 Å². The van der Waals surface area contributed by atoms with Gasteiger partial charge in [-0.1, -0.05) is 6.92 Å². The molecule has 0 saturated heterocycles. The molecular formula is C11H13BrFNO4S. The smallest absolute Gasteiger partial charge is 0.324 e. The van der Waals surface area contributed by atoms with Crippen molar-refractivity contribution in [2.75, 3.05) is 0 Å². The molecule has 1 rings (SSSR count). The van der Waals surface area contributed by atoms with Gasteiger partial charge in [-0.05, 0) is 47.5 Å². The topological polar surface area (TPSA) is 83.5 Å². The van der Waals surface area contributed by atoms with Crippen LogP contribution < -0.4 is 4.72 Å². The van der Waals surface area contributed by atoms with Crippen molar-refractivity contribution >= 4 is 31.9 Å². The van der Waals surface area contributed by atoms with Crippen molar-refractivity contribution in [3.63, 3.8) is 0 Å². The molecule has 1 aromatic carbocycles. The molecule has 2 N–H and O–H groups in total. The average Bonchev–Trinajstić information content (AvgIpc) is 2.27. The van der Waals surface area contributed by atoms with Crippen molar-refractivity contribution in [2.24, 2.45) is 0 Å². The molecule has 0 spiro atoms. The molecule has 1 unspecified atom stereocenters. The number of hydrogen-bond donors (Lipinski definition) is 2. The van der Waals surface area contributed by atoms with E-state index in [0.717, 1.165) is 18.2 Å². The van der Waals surface area contributed by atoms with Crippen LogP contribution in [0.25, 0.3) is 0 Å². The minimum Gasteiger partial charge on any atom is -0.480 e. The number of aliphatic carboxylic acids is 1. The van der Waals surface area contributed by atoms with Gasteiger partial charge >= 0.3 is 5.97 Å². The quantitative estimate of drug-likeness (QED) is 0.849. The lowest BCUT2D eigenvalue weighted by atomic mass is 10.0. The van der Waals surface area contributed by atoms with Gasteiger partial charge in [0.1, 0.15) is 11.4 Å². The molecule has 0 saturated carbocycles. The lowest BCUT2D eigenvalue weighted by molar-refractivity contribution is -0.143. The predicted molar refractivity (Wildman–Crippen MR) is 70.8 cm³/mol. The highest BCUT2D eigenvalue weighted by Crippen LogP contribution is 2.24. The third-order valence-electron chi connectivity index (χ3n) is 2.72. The Kier molecular flexibility index (Phi) is 4.70. The second-order valence-corrected chi connectivity index (χ2v) is 6.68. The SMILES string of the molecule is CCC(C)(NS(=O)(=O)c1ccc(F)cc1Br)C(=O)O. The van der Waals surface area contributed by atoms with Gasteiger partial charge in [0.15, 0.2) is 0 Å². The van der Waals surface area contributed by atoms with E-state index in [1.165, 1.54) is 6.92 Å². The summed E-state index contributed by atoms with van der Waals surface area (Å²) in [6, 6.07) is 3.06. The van der Waals surface area contributed by atoms with E-state index in [4.69, 9.17) is 5.11 Å². The molecule has 1 atom stereocenters. The summed E-state index contributed by atoms with van der Waals surface area (Å²) < 4.78 is 39.3. The number of halogens is 2. The van der Waals surface area contributed by atoms with Gasteiger partial charge in [-0.2, -0.15) is 4.72 Å². The Morgan fingerprint density at radius 1 is 1.53 bits per heavy atom. The Morgan fingerprint density at radius 3 is 2.53 bits per heavy atom. The molecule has 0 heterocycles. The minimum absolute atomic E-state index is 0.0313. The Hall–Kier alpha value is -0.990. The molecule has 0 aromatic heterocycles. The van der Waals surface area contributed by atoms with E-state index in [2.05, 4.69) is 20.7 Å². The number of nitrogens with one attached hydrogen (secondary N) is 1. The van der Waals surface area contributed by atoms with Crippen LogP contribution in [-0.2, 0) is 14.8 Å². The lowest BCUT2D eigenvalue weighted by Gasteiger charge is -2.24. The molecular weight excluding hydrogens is 341 g/mol. The molecule has 0 aliphatic rings. The maximum atomic E-state index is 12.9. The number of carbonyl (C=O) groups is 1. The molecule has 0 bridgehead atoms. The first kappa shape index (κ1) is 16.1. The summed E-state index contributed by atoms with van der Waals surface area (Å²) in [6.07, 6.45) is 0.0698. The first-order valence-electron chi connectivity index (χ1n) is 5.35. The molecule has 0 fully saturated rings. The van der Waals surface area contributed by atoms with E-state index < -0.39 is 27.3 Å². The number of carboxylic acids is 1. The van der Waals surface area contributed by atoms with Gasteiger partial charge < -0.3 is 5.11 Å². The van der Waals surface area contributed by atoms with Crippen LogP contribution in [0, 0.1) is 5.82 Å². The van der Waals surface area contributed by atoms with Crippen molar-refractivity contribution in [1.29, 1.82) is 0 Å². The van der Waals surface area contributed by atoms with Crippen LogP contribution in [0.4, 0.5) is 4.39 Å². The van der Waals surface area contributed by atoms with E-state index in [9.17, 15) is 17.6 Å². The second kappa shape index (κ2) is 5.56. The normalized spacial score (nSPS) is 14.9. The van der Waals surface area contributed by atoms with Crippen LogP contribution in [0.15, 0.2) is 27.6 Å². The highest BCUT2D eigenvalue weighted by atomic mass is 79.9. The largest absolute Gasteiger partial charge is 0.480 e. The maximum absolute atomic E-state index is 12.9. The van der Waals surface area contributed by atoms with Gasteiger partial charge in [-0.15, -0.1) is 0 Å². The van der Waals surface area contributed by atoms with Gasteiger partial charge in [0.25, 0.3) is 0 Å². The Labute approximate surface area is 119 Å². The van der Waals surface area contributed by atoms with Crippen LogP contribution in [0.1, 0.15) is 20.3 Å². The zero-order valence-corrected chi connectivity index (χ0v) is 12.7. The van der Waals surface area contributed by atoms with Crippen LogP contribution in [0.5, 0.6) is 0 Å². The van der Waals surface area contributed by atoms with Gasteiger partial charge in [-0.25, -0.2) is 12.8 Å². The van der Waals surface area contributed by atoms with Crippen molar-refractivity contribution in [3.05, 3.63) is 28.5 Å². The monoisotopic (exact) mass is 353 g/mol. The Bertz CT molecular complexity index is 605. The lowest BCUT2D eigenvalue weighted by Crippen LogP contribution is -2.51. The minimum atomic E-state index is -4.07. The predicted octanol–water partition coefficient (Wildman–Crippen LogP) is 2.12. The van der Waals surface area contributed by atoms with E-state index in [0.29, 0.717) is 0 Å². The maximum Gasteiger partial charge on any atom is 0.324 e. The van der Waals surface area contributed by atoms with E-state index in [1.807, 2.05) is 0 Å². The summed E-state index contributed by atoms with van der Waals surface area (Å²) in [6.45, 7) is 2.82.